The molecule has 1 unspecified atom stereocenters. The van der Waals surface area contributed by atoms with Gasteiger partial charge < -0.3 is 15.2 Å². The van der Waals surface area contributed by atoms with Crippen molar-refractivity contribution in [3.63, 3.8) is 0 Å². The normalized spacial score (nSPS) is 22.0. The number of aromatic nitrogens is 1. The molecule has 152 valence electrons. The van der Waals surface area contributed by atoms with E-state index in [0.29, 0.717) is 16.5 Å². The van der Waals surface area contributed by atoms with Crippen molar-refractivity contribution in [3.8, 4) is 0 Å². The fraction of sp³-hybridized carbons (Fsp3) is 0.529. The number of carbonyl (C=O) groups excluding carboxylic acids is 1. The van der Waals surface area contributed by atoms with Crippen molar-refractivity contribution in [2.45, 2.75) is 31.7 Å². The van der Waals surface area contributed by atoms with Crippen LogP contribution in [0.4, 0.5) is 8.78 Å². The van der Waals surface area contributed by atoms with Crippen molar-refractivity contribution in [2.24, 2.45) is 4.99 Å². The van der Waals surface area contributed by atoms with Gasteiger partial charge in [-0.25, -0.2) is 18.6 Å². The molecule has 1 saturated heterocycles. The zero-order valence-corrected chi connectivity index (χ0v) is 16.0. The van der Waals surface area contributed by atoms with E-state index in [4.69, 9.17) is 9.84 Å². The fourth-order valence-electron chi connectivity index (χ4n) is 3.27. The number of halogens is 2. The Morgan fingerprint density at radius 2 is 2.29 bits per heavy atom. The number of thiazole rings is 1. The Balaban J connectivity index is 1.85. The average molecular weight is 414 g/mol. The Morgan fingerprint density at radius 3 is 2.93 bits per heavy atom. The molecule has 28 heavy (non-hydrogen) atoms. The molecule has 0 aliphatic carbocycles. The van der Waals surface area contributed by atoms with Gasteiger partial charge in [0.15, 0.2) is 10.8 Å². The number of hydrogen-bond donors (Lipinski definition) is 2. The molecular formula is C17H20F2N4O4S. The second kappa shape index (κ2) is 8.31. The lowest BCUT2D eigenvalue weighted by Gasteiger charge is -2.27. The van der Waals surface area contributed by atoms with Gasteiger partial charge >= 0.3 is 11.9 Å². The van der Waals surface area contributed by atoms with E-state index in [1.807, 2.05) is 0 Å². The predicted octanol–water partition coefficient (Wildman–Crippen LogP) is 1.49. The van der Waals surface area contributed by atoms with Gasteiger partial charge in [-0.15, -0.1) is 11.3 Å². The average Bonchev–Trinajstić information content (AvgIpc) is 3.23. The summed E-state index contributed by atoms with van der Waals surface area (Å²) < 4.78 is 32.9. The number of likely N-dealkylation sites (tertiary alicyclic amines) is 1. The molecule has 0 spiro atoms. The van der Waals surface area contributed by atoms with Crippen molar-refractivity contribution in [1.82, 2.24) is 15.2 Å². The van der Waals surface area contributed by atoms with Gasteiger partial charge in [0.1, 0.15) is 0 Å². The van der Waals surface area contributed by atoms with Crippen LogP contribution >= 0.6 is 11.3 Å². The molecule has 1 atom stereocenters. The molecule has 3 heterocycles. The topological polar surface area (TPSA) is 104 Å². The van der Waals surface area contributed by atoms with E-state index in [9.17, 15) is 18.4 Å². The number of aliphatic carboxylic acids is 1. The molecular weight excluding hydrogens is 394 g/mol. The van der Waals surface area contributed by atoms with Crippen molar-refractivity contribution in [3.05, 3.63) is 27.9 Å². The van der Waals surface area contributed by atoms with Gasteiger partial charge in [0.25, 0.3) is 5.92 Å². The Kier molecular flexibility index (Phi) is 6.04. The Bertz CT molecular complexity index is 810. The maximum Gasteiger partial charge on any atom is 0.337 e. The number of esters is 1. The monoisotopic (exact) mass is 414 g/mol. The molecule has 0 aromatic carbocycles. The van der Waals surface area contributed by atoms with E-state index >= 15 is 0 Å². The molecule has 2 N–H and O–H groups in total. The lowest BCUT2D eigenvalue weighted by molar-refractivity contribution is -0.139. The SMILES string of the molecule is CCOC(=O)C1=C(CN2CC(F)(F)CC2CC(=O)O)NC(c2nccs2)=NC1. The van der Waals surface area contributed by atoms with Gasteiger partial charge in [0.05, 0.1) is 31.7 Å². The van der Waals surface area contributed by atoms with Gasteiger partial charge in [0.2, 0.25) is 0 Å². The predicted molar refractivity (Wildman–Crippen MR) is 97.5 cm³/mol. The van der Waals surface area contributed by atoms with Crippen LogP contribution in [0.2, 0.25) is 0 Å². The zero-order chi connectivity index (χ0) is 20.3. The van der Waals surface area contributed by atoms with E-state index < -0.39 is 43.3 Å². The van der Waals surface area contributed by atoms with Crippen LogP contribution < -0.4 is 5.32 Å². The summed E-state index contributed by atoms with van der Waals surface area (Å²) in [5, 5.41) is 14.4. The number of carbonyl (C=O) groups is 2. The minimum atomic E-state index is -2.98. The van der Waals surface area contributed by atoms with Crippen LogP contribution in [-0.4, -0.2) is 71.0 Å². The van der Waals surface area contributed by atoms with Crippen LogP contribution in [0.3, 0.4) is 0 Å². The molecule has 2 aliphatic rings. The Hall–Kier alpha value is -2.40. The molecule has 8 nitrogen and oxygen atoms in total. The van der Waals surface area contributed by atoms with Gasteiger partial charge in [-0.1, -0.05) is 0 Å². The van der Waals surface area contributed by atoms with Crippen LogP contribution in [0.25, 0.3) is 0 Å². The molecule has 11 heteroatoms. The number of carboxylic acids is 1. The third-order valence-electron chi connectivity index (χ3n) is 4.44. The van der Waals surface area contributed by atoms with Crippen molar-refractivity contribution < 1.29 is 28.2 Å². The molecule has 1 fully saturated rings. The molecule has 0 radical (unpaired) electrons. The number of nitrogens with one attached hydrogen (secondary N) is 1. The number of alkyl halides is 2. The number of rotatable bonds is 7. The van der Waals surface area contributed by atoms with Crippen molar-refractivity contribution in [2.75, 3.05) is 26.2 Å². The van der Waals surface area contributed by atoms with Crippen LogP contribution in [-0.2, 0) is 14.3 Å². The second-order valence-corrected chi connectivity index (χ2v) is 7.42. The number of carboxylic acid groups (broad SMARTS) is 1. The van der Waals surface area contributed by atoms with Crippen LogP contribution in [0.5, 0.6) is 0 Å². The highest BCUT2D eigenvalue weighted by atomic mass is 32.1. The number of hydrogen-bond acceptors (Lipinski definition) is 8. The van der Waals surface area contributed by atoms with E-state index in [1.54, 1.807) is 18.5 Å². The summed E-state index contributed by atoms with van der Waals surface area (Å²) in [6.07, 6.45) is 0.679. The first-order chi connectivity index (χ1) is 13.3. The van der Waals surface area contributed by atoms with E-state index in [-0.39, 0.29) is 25.3 Å². The van der Waals surface area contributed by atoms with Crippen molar-refractivity contribution >= 4 is 29.1 Å². The van der Waals surface area contributed by atoms with E-state index in [0.717, 1.165) is 0 Å². The highest BCUT2D eigenvalue weighted by Crippen LogP contribution is 2.34. The number of nitrogens with zero attached hydrogens (tertiary/aromatic N) is 3. The maximum absolute atomic E-state index is 13.9. The fourth-order valence-corrected chi connectivity index (χ4v) is 3.87. The lowest BCUT2D eigenvalue weighted by atomic mass is 10.1. The van der Waals surface area contributed by atoms with Crippen LogP contribution in [0, 0.1) is 0 Å². The molecule has 0 saturated carbocycles. The Morgan fingerprint density at radius 1 is 1.50 bits per heavy atom. The summed E-state index contributed by atoms with van der Waals surface area (Å²) >= 11 is 1.35. The maximum atomic E-state index is 13.9. The van der Waals surface area contributed by atoms with Crippen LogP contribution in [0.15, 0.2) is 27.8 Å². The summed E-state index contributed by atoms with van der Waals surface area (Å²) in [6, 6.07) is -0.826. The molecule has 0 bridgehead atoms. The highest BCUT2D eigenvalue weighted by Gasteiger charge is 2.46. The molecule has 2 aliphatic heterocycles. The highest BCUT2D eigenvalue weighted by molar-refractivity contribution is 7.11. The van der Waals surface area contributed by atoms with Crippen LogP contribution in [0.1, 0.15) is 24.8 Å². The van der Waals surface area contributed by atoms with E-state index in [1.165, 1.54) is 16.2 Å². The standard InChI is InChI=1S/C17H20F2N4O4S/c1-2-27-16(26)11-7-21-14(15-20-3-4-28-15)22-12(11)8-23-9-17(18,19)6-10(23)5-13(24)25/h3-4,10H,2,5-9H2,1H3,(H,21,22)(H,24,25). The quantitative estimate of drug-likeness (QED) is 0.652. The summed E-state index contributed by atoms with van der Waals surface area (Å²) in [5.74, 6) is -4.26. The van der Waals surface area contributed by atoms with Gasteiger partial charge in [0, 0.05) is 36.3 Å². The second-order valence-electron chi connectivity index (χ2n) is 6.52. The lowest BCUT2D eigenvalue weighted by Crippen LogP contribution is -2.41. The minimum Gasteiger partial charge on any atom is -0.481 e. The van der Waals surface area contributed by atoms with E-state index in [2.05, 4.69) is 15.3 Å². The summed E-state index contributed by atoms with van der Waals surface area (Å²) in [7, 11) is 0. The third kappa shape index (κ3) is 4.71. The number of amidine groups is 1. The third-order valence-corrected chi connectivity index (χ3v) is 5.22. The smallest absolute Gasteiger partial charge is 0.337 e. The molecule has 3 rings (SSSR count). The summed E-state index contributed by atoms with van der Waals surface area (Å²) in [6.45, 7) is 1.26. The molecule has 1 aromatic heterocycles. The van der Waals surface area contributed by atoms with Gasteiger partial charge in [-0.05, 0) is 6.92 Å². The first-order valence-electron chi connectivity index (χ1n) is 8.73. The van der Waals surface area contributed by atoms with Crippen molar-refractivity contribution in [1.29, 1.82) is 0 Å². The van der Waals surface area contributed by atoms with Gasteiger partial charge in [-0.3, -0.25) is 14.7 Å². The largest absolute Gasteiger partial charge is 0.481 e. The first kappa shape index (κ1) is 20.3. The summed E-state index contributed by atoms with van der Waals surface area (Å²) in [5.41, 5.74) is 0.623. The van der Waals surface area contributed by atoms with Gasteiger partial charge in [-0.2, -0.15) is 0 Å². The minimum absolute atomic E-state index is 0.0317. The zero-order valence-electron chi connectivity index (χ0n) is 15.2. The molecule has 1 aromatic rings. The number of ether oxygens (including phenoxy) is 1. The Labute approximate surface area is 163 Å². The first-order valence-corrected chi connectivity index (χ1v) is 9.61. The number of aliphatic imine (C=N–C) groups is 1. The molecule has 0 amide bonds. The summed E-state index contributed by atoms with van der Waals surface area (Å²) in [4.78, 5) is 33.2.